The van der Waals surface area contributed by atoms with Crippen molar-refractivity contribution in [1.29, 1.82) is 0 Å². The van der Waals surface area contributed by atoms with Crippen molar-refractivity contribution >= 4 is 11.7 Å². The number of amides is 1. The van der Waals surface area contributed by atoms with Gasteiger partial charge in [-0.25, -0.2) is 9.97 Å². The molecule has 8 heteroatoms. The Morgan fingerprint density at radius 1 is 1.30 bits per heavy atom. The molecule has 2 aromatic heterocycles. The van der Waals surface area contributed by atoms with Crippen molar-refractivity contribution in [2.75, 3.05) is 53.0 Å². The van der Waals surface area contributed by atoms with Crippen LogP contribution in [0, 0.1) is 12.8 Å². The number of rotatable bonds is 8. The second-order valence-corrected chi connectivity index (χ2v) is 8.46. The van der Waals surface area contributed by atoms with Crippen LogP contribution < -0.4 is 0 Å². The molecule has 2 fully saturated rings. The molecule has 2 aromatic rings. The summed E-state index contributed by atoms with van der Waals surface area (Å²) in [6, 6.07) is 1.84. The topological polar surface area (TPSA) is 72.2 Å². The number of carbonyl (C=O) groups is 1. The number of piperidine rings is 1. The van der Waals surface area contributed by atoms with Crippen LogP contribution in [0.2, 0.25) is 0 Å². The summed E-state index contributed by atoms with van der Waals surface area (Å²) in [5.41, 5.74) is 1.35. The number of hydrogen-bond donors (Lipinski definition) is 0. The fraction of sp³-hybridized carbons (Fsp3) is 0.682. The normalized spacial score (nSPS) is 20.8. The summed E-state index contributed by atoms with van der Waals surface area (Å²) in [7, 11) is 1.75. The molecule has 164 valence electrons. The number of fused-ring (bicyclic) bond motifs is 1. The van der Waals surface area contributed by atoms with E-state index in [4.69, 9.17) is 9.47 Å². The van der Waals surface area contributed by atoms with E-state index in [1.807, 2.05) is 28.5 Å². The van der Waals surface area contributed by atoms with Gasteiger partial charge in [-0.15, -0.1) is 0 Å². The van der Waals surface area contributed by atoms with Crippen LogP contribution in [0.25, 0.3) is 5.78 Å². The Labute approximate surface area is 178 Å². The molecular weight excluding hydrogens is 382 g/mol. The summed E-state index contributed by atoms with van der Waals surface area (Å²) in [6.45, 7) is 7.98. The van der Waals surface area contributed by atoms with E-state index < -0.39 is 0 Å². The molecule has 0 N–H and O–H groups in total. The van der Waals surface area contributed by atoms with Crippen LogP contribution in [0.5, 0.6) is 0 Å². The quantitative estimate of drug-likeness (QED) is 0.657. The number of hydrogen-bond acceptors (Lipinski definition) is 6. The maximum atomic E-state index is 13.7. The Hall–Kier alpha value is -2.03. The Bertz CT molecular complexity index is 840. The number of aryl methyl sites for hydroxylation is 1. The zero-order valence-electron chi connectivity index (χ0n) is 18.1. The lowest BCUT2D eigenvalue weighted by atomic mass is 9.95. The van der Waals surface area contributed by atoms with Crippen LogP contribution in [0.4, 0.5) is 0 Å². The molecule has 0 aromatic carbocycles. The lowest BCUT2D eigenvalue weighted by Gasteiger charge is -2.35. The van der Waals surface area contributed by atoms with Crippen LogP contribution >= 0.6 is 0 Å². The summed E-state index contributed by atoms with van der Waals surface area (Å²) in [5.74, 6) is 1.11. The smallest absolute Gasteiger partial charge is 0.272 e. The molecule has 30 heavy (non-hydrogen) atoms. The molecule has 8 nitrogen and oxygen atoms in total. The molecule has 1 unspecified atom stereocenters. The minimum Gasteiger partial charge on any atom is -0.383 e. The first-order valence-electron chi connectivity index (χ1n) is 11.1. The van der Waals surface area contributed by atoms with E-state index in [1.54, 1.807) is 13.3 Å². The van der Waals surface area contributed by atoms with Gasteiger partial charge in [-0.1, -0.05) is 0 Å². The highest BCUT2D eigenvalue weighted by Crippen LogP contribution is 2.23. The summed E-state index contributed by atoms with van der Waals surface area (Å²) in [4.78, 5) is 26.9. The van der Waals surface area contributed by atoms with Gasteiger partial charge in [-0.05, 0) is 57.7 Å². The highest BCUT2D eigenvalue weighted by molar-refractivity contribution is 5.94. The number of carbonyl (C=O) groups excluding carboxylic acids is 1. The highest BCUT2D eigenvalue weighted by atomic mass is 16.5. The predicted octanol–water partition coefficient (Wildman–Crippen LogP) is 2.02. The van der Waals surface area contributed by atoms with Gasteiger partial charge in [0.25, 0.3) is 5.91 Å². The van der Waals surface area contributed by atoms with E-state index in [0.29, 0.717) is 23.9 Å². The first-order valence-corrected chi connectivity index (χ1v) is 11.1. The van der Waals surface area contributed by atoms with Crippen molar-refractivity contribution in [3.8, 4) is 0 Å². The molecule has 1 atom stereocenters. The van der Waals surface area contributed by atoms with Crippen molar-refractivity contribution in [3.63, 3.8) is 0 Å². The first kappa shape index (κ1) is 21.2. The fourth-order valence-corrected chi connectivity index (χ4v) is 4.60. The van der Waals surface area contributed by atoms with Gasteiger partial charge in [0.15, 0.2) is 0 Å². The van der Waals surface area contributed by atoms with E-state index in [0.717, 1.165) is 70.8 Å². The van der Waals surface area contributed by atoms with Crippen molar-refractivity contribution in [2.24, 2.45) is 5.92 Å². The van der Waals surface area contributed by atoms with Crippen LogP contribution in [-0.2, 0) is 9.47 Å². The second kappa shape index (κ2) is 9.85. The maximum Gasteiger partial charge on any atom is 0.272 e. The molecule has 0 radical (unpaired) electrons. The maximum absolute atomic E-state index is 13.7. The third-order valence-electron chi connectivity index (χ3n) is 6.31. The van der Waals surface area contributed by atoms with Crippen molar-refractivity contribution in [2.45, 2.75) is 38.7 Å². The van der Waals surface area contributed by atoms with Crippen LogP contribution in [0.1, 0.15) is 41.9 Å². The molecule has 0 bridgehead atoms. The van der Waals surface area contributed by atoms with Gasteiger partial charge in [0.2, 0.25) is 5.78 Å². The van der Waals surface area contributed by atoms with Crippen molar-refractivity contribution < 1.29 is 14.3 Å². The van der Waals surface area contributed by atoms with Crippen LogP contribution in [-0.4, -0.2) is 89.2 Å². The number of imidazole rings is 1. The predicted molar refractivity (Wildman–Crippen MR) is 114 cm³/mol. The number of methoxy groups -OCH3 is 1. The van der Waals surface area contributed by atoms with Gasteiger partial charge in [-0.2, -0.15) is 0 Å². The fourth-order valence-electron chi connectivity index (χ4n) is 4.60. The third-order valence-corrected chi connectivity index (χ3v) is 6.31. The molecule has 0 spiro atoms. The van der Waals surface area contributed by atoms with E-state index in [-0.39, 0.29) is 12.0 Å². The van der Waals surface area contributed by atoms with E-state index in [2.05, 4.69) is 14.9 Å². The Morgan fingerprint density at radius 3 is 2.87 bits per heavy atom. The summed E-state index contributed by atoms with van der Waals surface area (Å²) >= 11 is 0. The zero-order valence-corrected chi connectivity index (χ0v) is 18.1. The van der Waals surface area contributed by atoms with Gasteiger partial charge in [0, 0.05) is 45.7 Å². The molecule has 2 saturated heterocycles. The Kier molecular flexibility index (Phi) is 6.97. The number of nitrogens with zero attached hydrogens (tertiary/aromatic N) is 5. The lowest BCUT2D eigenvalue weighted by Crippen LogP contribution is -2.44. The first-order chi connectivity index (χ1) is 14.7. The minimum atomic E-state index is 0.0327. The average Bonchev–Trinajstić information content (AvgIpc) is 3.39. The van der Waals surface area contributed by atoms with Crippen LogP contribution in [0.3, 0.4) is 0 Å². The highest BCUT2D eigenvalue weighted by Gasteiger charge is 2.30. The van der Waals surface area contributed by atoms with Gasteiger partial charge in [0.05, 0.1) is 18.4 Å². The van der Waals surface area contributed by atoms with E-state index >= 15 is 0 Å². The molecule has 4 heterocycles. The third kappa shape index (κ3) is 4.82. The summed E-state index contributed by atoms with van der Waals surface area (Å²) < 4.78 is 12.9. The zero-order chi connectivity index (χ0) is 20.9. The minimum absolute atomic E-state index is 0.0327. The number of ether oxygens (including phenoxy) is 2. The second-order valence-electron chi connectivity index (χ2n) is 8.46. The van der Waals surface area contributed by atoms with Gasteiger partial charge >= 0.3 is 0 Å². The monoisotopic (exact) mass is 415 g/mol. The molecular formula is C22H33N5O3. The lowest BCUT2D eigenvalue weighted by molar-refractivity contribution is 0.0431. The number of aromatic nitrogens is 3. The molecule has 4 rings (SSSR count). The largest absolute Gasteiger partial charge is 0.383 e. The van der Waals surface area contributed by atoms with Gasteiger partial charge < -0.3 is 19.3 Å². The summed E-state index contributed by atoms with van der Waals surface area (Å²) in [5, 5.41) is 0. The van der Waals surface area contributed by atoms with Crippen molar-refractivity contribution in [1.82, 2.24) is 24.2 Å². The molecule has 2 aliphatic rings. The Balaban J connectivity index is 1.48. The van der Waals surface area contributed by atoms with E-state index in [1.165, 1.54) is 0 Å². The average molecular weight is 416 g/mol. The SMILES string of the molecule is COCCN1CCC(CN(CC2CCCO2)C(=O)c2c(C)nc3ncccn23)CC1. The molecule has 0 saturated carbocycles. The van der Waals surface area contributed by atoms with Crippen LogP contribution in [0.15, 0.2) is 18.5 Å². The molecule has 0 aliphatic carbocycles. The number of likely N-dealkylation sites (tertiary alicyclic amines) is 1. The summed E-state index contributed by atoms with van der Waals surface area (Å²) in [6.07, 6.45) is 8.01. The van der Waals surface area contributed by atoms with Gasteiger partial charge in [0.1, 0.15) is 5.69 Å². The molecule has 1 amide bonds. The van der Waals surface area contributed by atoms with Crippen molar-refractivity contribution in [3.05, 3.63) is 29.8 Å². The van der Waals surface area contributed by atoms with E-state index in [9.17, 15) is 4.79 Å². The molecule has 2 aliphatic heterocycles. The van der Waals surface area contributed by atoms with Gasteiger partial charge in [-0.3, -0.25) is 9.20 Å². The Morgan fingerprint density at radius 2 is 2.13 bits per heavy atom. The standard InChI is InChI=1S/C22H33N5O3/c1-17-20(27-9-4-8-23-22(27)24-17)21(28)26(16-19-5-3-13-30-19)15-18-6-10-25(11-7-18)12-14-29-2/h4,8-9,18-19H,3,5-7,10-16H2,1-2H3.